The van der Waals surface area contributed by atoms with Gasteiger partial charge in [-0.2, -0.15) is 0 Å². The third-order valence-electron chi connectivity index (χ3n) is 9.24. The standard InChI is InChI=1S/C30H6S6/c1-7-8-2-32-27-14(8)20-19-13(7)25(31-1)26-15-9(3-33-26)10-4-35-29-17(10)23(21(15)19)24-18-12(6-36-30(18)29)11-5-34-28(27)16(11)22(20)24/h1-6H. The molecule has 0 aliphatic rings. The fraction of sp³-hybridized carbons (Fsp3) is 0. The molecule has 13 rings (SSSR count). The summed E-state index contributed by atoms with van der Waals surface area (Å²) in [4.78, 5) is 0. The van der Waals surface area contributed by atoms with Gasteiger partial charge in [-0.15, -0.1) is 68.0 Å². The highest BCUT2D eigenvalue weighted by atomic mass is 32.1. The summed E-state index contributed by atoms with van der Waals surface area (Å²) in [6.07, 6.45) is 0. The molecular formula is C30H6S6. The van der Waals surface area contributed by atoms with Crippen molar-refractivity contribution in [1.29, 1.82) is 0 Å². The summed E-state index contributed by atoms with van der Waals surface area (Å²) in [5.74, 6) is 0. The number of thiophene rings is 6. The van der Waals surface area contributed by atoms with Crippen LogP contribution in [0.3, 0.4) is 0 Å². The molecule has 36 heavy (non-hydrogen) atoms. The quantitative estimate of drug-likeness (QED) is 0.128. The maximum atomic E-state index is 2.46. The molecule has 162 valence electrons. The molecule has 0 aliphatic heterocycles. The lowest BCUT2D eigenvalue weighted by atomic mass is 9.79. The van der Waals surface area contributed by atoms with Crippen LogP contribution in [-0.4, -0.2) is 0 Å². The van der Waals surface area contributed by atoms with Crippen molar-refractivity contribution in [1.82, 2.24) is 0 Å². The molecule has 6 heteroatoms. The molecule has 7 aromatic carbocycles. The van der Waals surface area contributed by atoms with E-state index in [-0.39, 0.29) is 0 Å². The zero-order valence-electron chi connectivity index (χ0n) is 17.9. The fourth-order valence-electron chi connectivity index (χ4n) is 8.08. The Labute approximate surface area is 223 Å². The van der Waals surface area contributed by atoms with Crippen LogP contribution in [0.4, 0.5) is 0 Å². The second kappa shape index (κ2) is 4.83. The van der Waals surface area contributed by atoms with Crippen molar-refractivity contribution in [3.8, 4) is 0 Å². The lowest BCUT2D eigenvalue weighted by molar-refractivity contribution is 2.09. The van der Waals surface area contributed by atoms with E-state index in [2.05, 4.69) is 32.3 Å². The summed E-state index contributed by atoms with van der Waals surface area (Å²) in [5, 5.41) is 42.2. The lowest BCUT2D eigenvalue weighted by Crippen LogP contribution is -1.93. The normalized spacial score (nSPS) is 14.7. The number of rotatable bonds is 0. The minimum absolute atomic E-state index is 1.48. The molecule has 0 bridgehead atoms. The van der Waals surface area contributed by atoms with Gasteiger partial charge in [-0.3, -0.25) is 0 Å². The van der Waals surface area contributed by atoms with Gasteiger partial charge in [-0.05, 0) is 32.3 Å². The number of fused-ring (bicyclic) bond motifs is 6. The molecule has 0 aliphatic carbocycles. The summed E-state index contributed by atoms with van der Waals surface area (Å²) in [6, 6.07) is 0. The van der Waals surface area contributed by atoms with Gasteiger partial charge in [0.25, 0.3) is 0 Å². The highest BCUT2D eigenvalue weighted by Gasteiger charge is 2.33. The van der Waals surface area contributed by atoms with Gasteiger partial charge >= 0.3 is 0 Å². The molecule has 0 nitrogen and oxygen atoms in total. The van der Waals surface area contributed by atoms with E-state index < -0.39 is 0 Å². The van der Waals surface area contributed by atoms with E-state index in [1.54, 1.807) is 32.3 Å². The van der Waals surface area contributed by atoms with Gasteiger partial charge in [0.1, 0.15) is 0 Å². The van der Waals surface area contributed by atoms with E-state index in [9.17, 15) is 0 Å². The molecule has 0 radical (unpaired) electrons. The van der Waals surface area contributed by atoms with Crippen molar-refractivity contribution in [2.75, 3.05) is 0 Å². The van der Waals surface area contributed by atoms with Gasteiger partial charge in [0, 0.05) is 97.0 Å². The predicted molar refractivity (Wildman–Crippen MR) is 171 cm³/mol. The molecular weight excluding hydrogens is 553 g/mol. The summed E-state index contributed by atoms with van der Waals surface area (Å²) >= 11 is 11.8. The predicted octanol–water partition coefficient (Wildman–Crippen LogP) is 12.5. The number of benzene rings is 7. The molecule has 13 aromatic rings. The lowest BCUT2D eigenvalue weighted by Gasteiger charge is -2.22. The van der Waals surface area contributed by atoms with Crippen LogP contribution in [-0.2, 0) is 0 Å². The van der Waals surface area contributed by atoms with Gasteiger partial charge in [-0.25, -0.2) is 0 Å². The maximum absolute atomic E-state index is 2.46. The van der Waals surface area contributed by atoms with Crippen LogP contribution in [0.5, 0.6) is 0 Å². The van der Waals surface area contributed by atoms with Crippen molar-refractivity contribution in [2.24, 2.45) is 0 Å². The minimum atomic E-state index is 1.48. The van der Waals surface area contributed by atoms with Gasteiger partial charge < -0.3 is 0 Å². The van der Waals surface area contributed by atoms with Gasteiger partial charge in [0.05, 0.1) is 28.2 Å². The van der Waals surface area contributed by atoms with E-state index in [0.29, 0.717) is 0 Å². The van der Waals surface area contributed by atoms with Crippen LogP contribution in [0, 0.1) is 0 Å². The first-order valence-corrected chi connectivity index (χ1v) is 17.1. The Morgan fingerprint density at radius 1 is 0.222 bits per heavy atom. The molecule has 0 saturated heterocycles. The molecule has 6 heterocycles. The smallest absolute Gasteiger partial charge is 0.0534 e. The highest BCUT2D eigenvalue weighted by Crippen LogP contribution is 2.63. The molecule has 6 aromatic heterocycles. The largest absolute Gasteiger partial charge is 0.142 e. The Bertz CT molecular complexity index is 2310. The first kappa shape index (κ1) is 17.0. The first-order valence-electron chi connectivity index (χ1n) is 11.9. The minimum Gasteiger partial charge on any atom is -0.142 e. The number of hydrogen-bond donors (Lipinski definition) is 0. The molecule has 0 spiro atoms. The van der Waals surface area contributed by atoms with Gasteiger partial charge in [0.15, 0.2) is 0 Å². The zero-order valence-corrected chi connectivity index (χ0v) is 22.8. The Balaban J connectivity index is 1.68. The fourth-order valence-corrected chi connectivity index (χ4v) is 15.1. The van der Waals surface area contributed by atoms with Crippen molar-refractivity contribution < 1.29 is 0 Å². The van der Waals surface area contributed by atoms with Crippen LogP contribution >= 0.6 is 68.0 Å². The number of hydrogen-bond acceptors (Lipinski definition) is 6. The summed E-state index contributed by atoms with van der Waals surface area (Å²) in [6.45, 7) is 0. The van der Waals surface area contributed by atoms with Crippen LogP contribution in [0.2, 0.25) is 0 Å². The van der Waals surface area contributed by atoms with Crippen LogP contribution in [0.15, 0.2) is 32.3 Å². The third kappa shape index (κ3) is 1.34. The van der Waals surface area contributed by atoms with E-state index in [1.165, 1.54) is 92.8 Å². The average molecular weight is 559 g/mol. The topological polar surface area (TPSA) is 0 Å². The second-order valence-corrected chi connectivity index (χ2v) is 15.6. The third-order valence-corrected chi connectivity index (χ3v) is 15.6. The van der Waals surface area contributed by atoms with Crippen molar-refractivity contribution in [3.05, 3.63) is 32.3 Å². The Kier molecular flexibility index (Phi) is 2.28. The van der Waals surface area contributed by atoms with Gasteiger partial charge in [0.2, 0.25) is 0 Å². The SMILES string of the molecule is c1sc2c3scc4c5csc6c7scc8c9csc%10c%11scc%12c1c2c1c(c%12%11)c(c9%10)c(c87)c(c56)c1c43. The van der Waals surface area contributed by atoms with Gasteiger partial charge in [-0.1, -0.05) is 0 Å². The monoisotopic (exact) mass is 558 g/mol. The molecule has 0 atom stereocenters. The van der Waals surface area contributed by atoms with E-state index in [1.807, 2.05) is 68.0 Å². The average Bonchev–Trinajstić information content (AvgIpc) is 3.70. The van der Waals surface area contributed by atoms with Crippen LogP contribution in [0.25, 0.3) is 125 Å². The Morgan fingerprint density at radius 2 is 0.389 bits per heavy atom. The van der Waals surface area contributed by atoms with Crippen LogP contribution < -0.4 is 0 Å². The molecule has 0 saturated carbocycles. The van der Waals surface area contributed by atoms with Crippen LogP contribution in [0.1, 0.15) is 0 Å². The Morgan fingerprint density at radius 3 is 0.556 bits per heavy atom. The molecule has 0 amide bonds. The van der Waals surface area contributed by atoms with Crippen molar-refractivity contribution in [3.63, 3.8) is 0 Å². The van der Waals surface area contributed by atoms with E-state index in [0.717, 1.165) is 0 Å². The molecule has 0 fully saturated rings. The summed E-state index contributed by atoms with van der Waals surface area (Å²) < 4.78 is 9.02. The van der Waals surface area contributed by atoms with E-state index >= 15 is 0 Å². The first-order chi connectivity index (χ1) is 17.9. The molecule has 0 unspecified atom stereocenters. The maximum Gasteiger partial charge on any atom is 0.0534 e. The van der Waals surface area contributed by atoms with E-state index in [4.69, 9.17) is 0 Å². The summed E-state index contributed by atoms with van der Waals surface area (Å²) in [7, 11) is 0. The highest BCUT2D eigenvalue weighted by molar-refractivity contribution is 7.30. The van der Waals surface area contributed by atoms with Crippen molar-refractivity contribution in [2.45, 2.75) is 0 Å². The summed E-state index contributed by atoms with van der Waals surface area (Å²) in [5.41, 5.74) is 0. The van der Waals surface area contributed by atoms with Crippen molar-refractivity contribution >= 4 is 193 Å². The second-order valence-electron chi connectivity index (χ2n) is 10.4. The Hall–Kier alpha value is -2.58. The zero-order chi connectivity index (χ0) is 22.3. The molecule has 0 N–H and O–H groups in total.